The molecule has 234 valence electrons. The van der Waals surface area contributed by atoms with E-state index in [1.54, 1.807) is 0 Å². The lowest BCUT2D eigenvalue weighted by atomic mass is 9.98. The van der Waals surface area contributed by atoms with Gasteiger partial charge in [0.2, 0.25) is 0 Å². The highest BCUT2D eigenvalue weighted by Crippen LogP contribution is 2.45. The highest BCUT2D eigenvalue weighted by atomic mass is 28.3. The van der Waals surface area contributed by atoms with Crippen LogP contribution in [0.3, 0.4) is 0 Å². The number of nitrogens with zero attached hydrogens (tertiary/aromatic N) is 1. The predicted molar refractivity (Wildman–Crippen MR) is 213 cm³/mol. The van der Waals surface area contributed by atoms with Crippen molar-refractivity contribution in [3.8, 4) is 33.4 Å². The molecule has 3 heteroatoms. The van der Waals surface area contributed by atoms with Gasteiger partial charge in [0.05, 0.1) is 17.8 Å². The highest BCUT2D eigenvalue weighted by Gasteiger charge is 2.44. The number of furan rings is 1. The van der Waals surface area contributed by atoms with Gasteiger partial charge < -0.3 is 9.32 Å². The van der Waals surface area contributed by atoms with Gasteiger partial charge in [-0.1, -0.05) is 115 Å². The second-order valence-corrected chi connectivity index (χ2v) is 15.5. The van der Waals surface area contributed by atoms with Gasteiger partial charge in [0.1, 0.15) is 21.5 Å². The predicted octanol–water partition coefficient (Wildman–Crippen LogP) is 11.8. The summed E-state index contributed by atoms with van der Waals surface area (Å²) in [5.74, 6) is 0. The Morgan fingerprint density at radius 2 is 1.06 bits per heavy atom. The number of rotatable bonds is 5. The third-order valence-corrected chi connectivity index (χ3v) is 12.8. The lowest BCUT2D eigenvalue weighted by Gasteiger charge is -2.27. The van der Waals surface area contributed by atoms with Crippen molar-refractivity contribution in [3.63, 3.8) is 0 Å². The molecule has 1 aliphatic heterocycles. The van der Waals surface area contributed by atoms with Crippen LogP contribution in [0.1, 0.15) is 0 Å². The summed E-state index contributed by atoms with van der Waals surface area (Å²) < 4.78 is 6.70. The molecule has 2 nitrogen and oxygen atoms in total. The Labute approximate surface area is 293 Å². The highest BCUT2D eigenvalue weighted by molar-refractivity contribution is 6.89. The standard InChI is InChI=1S/C47H32NOSi/c1-50-43-17-9-15-41(45(43)46-44(50)29-28-40-39-14-7-8-16-42(39)49-47(40)46)48(37-24-20-33(21-25-37)31-10-3-2-4-11-31)38-26-22-34(23-27-38)36-19-18-32-12-5-6-13-35(32)30-36/h2-30H,1H3/q+1. The zero-order chi connectivity index (χ0) is 33.2. The summed E-state index contributed by atoms with van der Waals surface area (Å²) in [5.41, 5.74) is 12.7. The van der Waals surface area contributed by atoms with E-state index >= 15 is 0 Å². The van der Waals surface area contributed by atoms with Crippen molar-refractivity contribution in [1.29, 1.82) is 0 Å². The van der Waals surface area contributed by atoms with Gasteiger partial charge in [-0.15, -0.1) is 0 Å². The first-order valence-corrected chi connectivity index (χ1v) is 19.2. The zero-order valence-electron chi connectivity index (χ0n) is 27.6. The molecule has 0 unspecified atom stereocenters. The van der Waals surface area contributed by atoms with Gasteiger partial charge in [-0.05, 0) is 93.7 Å². The van der Waals surface area contributed by atoms with Crippen molar-refractivity contribution in [3.05, 3.63) is 176 Å². The molecule has 0 fully saturated rings. The third-order valence-electron chi connectivity index (χ3n) is 10.3. The maximum atomic E-state index is 6.70. The van der Waals surface area contributed by atoms with E-state index in [0.717, 1.165) is 22.5 Å². The second kappa shape index (κ2) is 11.5. The SMILES string of the molecule is C[Si+]1c2cccc(N(c3ccc(-c4ccccc4)cc3)c3ccc(-c4ccc5ccccc5c4)cc3)c2-c2c1ccc1c2oc2ccccc21. The summed E-state index contributed by atoms with van der Waals surface area (Å²) in [7, 11) is -1.01. The van der Waals surface area contributed by atoms with Crippen LogP contribution < -0.4 is 15.3 Å². The monoisotopic (exact) mass is 654 g/mol. The van der Waals surface area contributed by atoms with Crippen LogP contribution in [-0.2, 0) is 0 Å². The molecule has 8 aromatic carbocycles. The Bertz CT molecular complexity index is 2710. The van der Waals surface area contributed by atoms with Crippen molar-refractivity contribution in [2.24, 2.45) is 0 Å². The molecule has 2 heterocycles. The number of hydrogen-bond acceptors (Lipinski definition) is 2. The third kappa shape index (κ3) is 4.55. The molecule has 0 saturated carbocycles. The van der Waals surface area contributed by atoms with Crippen molar-refractivity contribution < 1.29 is 4.42 Å². The fourth-order valence-electron chi connectivity index (χ4n) is 7.83. The van der Waals surface area contributed by atoms with Crippen LogP contribution in [0.15, 0.2) is 180 Å². The summed E-state index contributed by atoms with van der Waals surface area (Å²) in [4.78, 5) is 2.43. The molecule has 0 bridgehead atoms. The van der Waals surface area contributed by atoms with Crippen LogP contribution in [0.25, 0.3) is 66.1 Å². The number of anilines is 3. The molecule has 0 atom stereocenters. The first-order valence-electron chi connectivity index (χ1n) is 17.2. The first-order chi connectivity index (χ1) is 24.7. The number of para-hydroxylation sites is 1. The van der Waals surface area contributed by atoms with Crippen LogP contribution in [-0.4, -0.2) is 8.80 Å². The lowest BCUT2D eigenvalue weighted by Crippen LogP contribution is -2.34. The van der Waals surface area contributed by atoms with Gasteiger partial charge >= 0.3 is 8.80 Å². The molecule has 1 aliphatic rings. The Morgan fingerprint density at radius 3 is 1.84 bits per heavy atom. The summed E-state index contributed by atoms with van der Waals surface area (Å²) in [6, 6.07) is 63.8. The maximum Gasteiger partial charge on any atom is 0.388 e. The molecule has 0 aliphatic carbocycles. The van der Waals surface area contributed by atoms with Crippen molar-refractivity contribution in [1.82, 2.24) is 0 Å². The maximum absolute atomic E-state index is 6.70. The number of benzene rings is 8. The average Bonchev–Trinajstić information content (AvgIpc) is 3.71. The molecule has 1 aromatic heterocycles. The topological polar surface area (TPSA) is 16.4 Å². The summed E-state index contributed by atoms with van der Waals surface area (Å²) in [6.45, 7) is 2.42. The van der Waals surface area contributed by atoms with Crippen LogP contribution in [0.4, 0.5) is 17.1 Å². The van der Waals surface area contributed by atoms with Crippen LogP contribution in [0.2, 0.25) is 6.55 Å². The second-order valence-electron chi connectivity index (χ2n) is 13.1. The van der Waals surface area contributed by atoms with Gasteiger partial charge in [-0.25, -0.2) is 0 Å². The minimum atomic E-state index is -1.01. The Morgan fingerprint density at radius 1 is 0.440 bits per heavy atom. The van der Waals surface area contributed by atoms with Crippen molar-refractivity contribution in [2.45, 2.75) is 6.55 Å². The molecule has 0 amide bonds. The van der Waals surface area contributed by atoms with Crippen LogP contribution in [0.5, 0.6) is 0 Å². The number of hydrogen-bond donors (Lipinski definition) is 0. The fourth-order valence-corrected chi connectivity index (χ4v) is 10.0. The molecule has 0 N–H and O–H groups in total. The minimum absolute atomic E-state index is 0.935. The van der Waals surface area contributed by atoms with Gasteiger partial charge in [0, 0.05) is 27.7 Å². The molecule has 0 saturated heterocycles. The quantitative estimate of drug-likeness (QED) is 0.172. The van der Waals surface area contributed by atoms with E-state index in [-0.39, 0.29) is 0 Å². The molecule has 50 heavy (non-hydrogen) atoms. The smallest absolute Gasteiger partial charge is 0.388 e. The van der Waals surface area contributed by atoms with E-state index in [9.17, 15) is 0 Å². The van der Waals surface area contributed by atoms with E-state index in [1.807, 2.05) is 0 Å². The van der Waals surface area contributed by atoms with Crippen molar-refractivity contribution in [2.75, 3.05) is 4.90 Å². The molecular formula is C47H32NOSi+. The Kier molecular flexibility index (Phi) is 6.61. The van der Waals surface area contributed by atoms with E-state index in [0.29, 0.717) is 0 Å². The largest absolute Gasteiger partial charge is 0.455 e. The minimum Gasteiger partial charge on any atom is -0.455 e. The van der Waals surface area contributed by atoms with Gasteiger partial charge in [0.15, 0.2) is 0 Å². The average molecular weight is 655 g/mol. The van der Waals surface area contributed by atoms with Gasteiger partial charge in [0.25, 0.3) is 0 Å². The van der Waals surface area contributed by atoms with Crippen molar-refractivity contribution >= 4 is 68.9 Å². The Hall–Kier alpha value is -6.16. The normalized spacial score (nSPS) is 12.1. The van der Waals surface area contributed by atoms with E-state index < -0.39 is 8.80 Å². The van der Waals surface area contributed by atoms with Gasteiger partial charge in [-0.2, -0.15) is 0 Å². The zero-order valence-corrected chi connectivity index (χ0v) is 28.6. The van der Waals surface area contributed by atoms with E-state index in [4.69, 9.17) is 4.42 Å². The molecule has 0 radical (unpaired) electrons. The molecular weight excluding hydrogens is 623 g/mol. The van der Waals surface area contributed by atoms with E-state index in [2.05, 4.69) is 187 Å². The molecule has 0 spiro atoms. The summed E-state index contributed by atoms with van der Waals surface area (Å²) >= 11 is 0. The number of fused-ring (bicyclic) bond motifs is 8. The van der Waals surface area contributed by atoms with Crippen LogP contribution in [0, 0.1) is 0 Å². The van der Waals surface area contributed by atoms with E-state index in [1.165, 1.54) is 71.0 Å². The first kappa shape index (κ1) is 28.8. The summed E-state index contributed by atoms with van der Waals surface area (Å²) in [6.07, 6.45) is 0. The summed E-state index contributed by atoms with van der Waals surface area (Å²) in [5, 5.41) is 7.69. The van der Waals surface area contributed by atoms with Crippen LogP contribution >= 0.6 is 0 Å². The van der Waals surface area contributed by atoms with Gasteiger partial charge in [-0.3, -0.25) is 0 Å². The lowest BCUT2D eigenvalue weighted by molar-refractivity contribution is 0.670. The fraction of sp³-hybridized carbons (Fsp3) is 0.0213. The Balaban J connectivity index is 1.16. The molecule has 10 rings (SSSR count). The molecule has 9 aromatic rings.